The van der Waals surface area contributed by atoms with Crippen molar-refractivity contribution in [3.63, 3.8) is 0 Å². The minimum Gasteiger partial charge on any atom is -0.466 e. The van der Waals surface area contributed by atoms with E-state index in [9.17, 15) is 0 Å². The predicted octanol–water partition coefficient (Wildman–Crippen LogP) is 1.19. The van der Waals surface area contributed by atoms with Crippen molar-refractivity contribution in [1.82, 2.24) is 0 Å². The number of nitrogens with two attached hydrogens (primary N) is 1. The number of hydrogen-bond donors (Lipinski definition) is 1. The fraction of sp³-hybridized carbons (Fsp3) is 0.286. The van der Waals surface area contributed by atoms with Crippen LogP contribution in [0.25, 0.3) is 0 Å². The SMILES string of the molecule is Cc1cc(/C=N/N)c(C)o1. The molecule has 3 nitrogen and oxygen atoms in total. The van der Waals surface area contributed by atoms with Gasteiger partial charge in [-0.15, -0.1) is 0 Å². The van der Waals surface area contributed by atoms with E-state index in [4.69, 9.17) is 10.3 Å². The lowest BCUT2D eigenvalue weighted by Gasteiger charge is -1.83. The van der Waals surface area contributed by atoms with E-state index in [2.05, 4.69) is 5.10 Å². The van der Waals surface area contributed by atoms with Crippen molar-refractivity contribution in [1.29, 1.82) is 0 Å². The molecule has 0 aliphatic carbocycles. The zero-order valence-corrected chi connectivity index (χ0v) is 6.09. The first-order valence-electron chi connectivity index (χ1n) is 3.04. The van der Waals surface area contributed by atoms with Crippen LogP contribution in [0.15, 0.2) is 15.6 Å². The number of nitrogens with zero attached hydrogens (tertiary/aromatic N) is 1. The fourth-order valence-electron chi connectivity index (χ4n) is 0.859. The summed E-state index contributed by atoms with van der Waals surface area (Å²) in [6.45, 7) is 3.77. The van der Waals surface area contributed by atoms with E-state index in [0.29, 0.717) is 0 Å². The Morgan fingerprint density at radius 1 is 1.60 bits per heavy atom. The van der Waals surface area contributed by atoms with Crippen LogP contribution < -0.4 is 5.84 Å². The van der Waals surface area contributed by atoms with Crippen LogP contribution >= 0.6 is 0 Å². The van der Waals surface area contributed by atoms with Gasteiger partial charge in [-0.3, -0.25) is 0 Å². The van der Waals surface area contributed by atoms with Gasteiger partial charge in [-0.25, -0.2) is 0 Å². The molecule has 0 bridgehead atoms. The first-order valence-corrected chi connectivity index (χ1v) is 3.04. The summed E-state index contributed by atoms with van der Waals surface area (Å²) in [6.07, 6.45) is 1.58. The molecule has 1 rings (SSSR count). The van der Waals surface area contributed by atoms with E-state index in [1.165, 1.54) is 0 Å². The highest BCUT2D eigenvalue weighted by atomic mass is 16.3. The highest BCUT2D eigenvalue weighted by Crippen LogP contribution is 2.10. The molecule has 1 aromatic heterocycles. The van der Waals surface area contributed by atoms with Crippen molar-refractivity contribution in [2.24, 2.45) is 10.9 Å². The van der Waals surface area contributed by atoms with Gasteiger partial charge in [-0.05, 0) is 19.9 Å². The van der Waals surface area contributed by atoms with Crippen molar-refractivity contribution < 1.29 is 4.42 Å². The van der Waals surface area contributed by atoms with E-state index in [1.54, 1.807) is 6.21 Å². The van der Waals surface area contributed by atoms with E-state index in [0.717, 1.165) is 17.1 Å². The van der Waals surface area contributed by atoms with Crippen LogP contribution in [-0.4, -0.2) is 6.21 Å². The Hall–Kier alpha value is -1.25. The molecule has 0 aliphatic rings. The molecule has 3 heteroatoms. The summed E-state index contributed by atoms with van der Waals surface area (Å²) >= 11 is 0. The first kappa shape index (κ1) is 6.86. The van der Waals surface area contributed by atoms with Crippen LogP contribution in [0.3, 0.4) is 0 Å². The third kappa shape index (κ3) is 1.18. The summed E-state index contributed by atoms with van der Waals surface area (Å²) in [5, 5.41) is 3.40. The van der Waals surface area contributed by atoms with Crippen molar-refractivity contribution >= 4 is 6.21 Å². The first-order chi connectivity index (χ1) is 4.74. The summed E-state index contributed by atoms with van der Waals surface area (Å²) in [5.74, 6) is 6.70. The summed E-state index contributed by atoms with van der Waals surface area (Å²) in [6, 6.07) is 1.89. The molecule has 0 saturated heterocycles. The van der Waals surface area contributed by atoms with Gasteiger partial charge in [0.2, 0.25) is 0 Å². The predicted molar refractivity (Wildman–Crippen MR) is 40.0 cm³/mol. The van der Waals surface area contributed by atoms with Crippen LogP contribution in [-0.2, 0) is 0 Å². The molecule has 0 saturated carbocycles. The van der Waals surface area contributed by atoms with E-state index in [1.807, 2.05) is 19.9 Å². The summed E-state index contributed by atoms with van der Waals surface area (Å²) < 4.78 is 5.22. The molecule has 0 radical (unpaired) electrons. The molecule has 0 amide bonds. The lowest BCUT2D eigenvalue weighted by molar-refractivity contribution is 0.504. The number of aryl methyl sites for hydroxylation is 2. The number of hydrazone groups is 1. The number of furan rings is 1. The molecular formula is C7H10N2O. The Balaban J connectivity index is 3.03. The molecule has 10 heavy (non-hydrogen) atoms. The standard InChI is InChI=1S/C7H10N2O/c1-5-3-7(4-9-8)6(2)10-5/h3-4H,8H2,1-2H3/b9-4+. The zero-order valence-electron chi connectivity index (χ0n) is 6.09. The second-order valence-corrected chi connectivity index (χ2v) is 2.15. The Labute approximate surface area is 59.5 Å². The molecule has 0 fully saturated rings. The summed E-state index contributed by atoms with van der Waals surface area (Å²) in [4.78, 5) is 0. The van der Waals surface area contributed by atoms with Gasteiger partial charge in [0, 0.05) is 5.56 Å². The van der Waals surface area contributed by atoms with E-state index >= 15 is 0 Å². The molecule has 0 aliphatic heterocycles. The highest BCUT2D eigenvalue weighted by molar-refractivity contribution is 5.80. The normalized spacial score (nSPS) is 11.0. The topological polar surface area (TPSA) is 51.5 Å². The van der Waals surface area contributed by atoms with Crippen LogP contribution in [0.5, 0.6) is 0 Å². The average molecular weight is 138 g/mol. The summed E-state index contributed by atoms with van der Waals surface area (Å²) in [5.41, 5.74) is 0.944. The number of rotatable bonds is 1. The molecule has 54 valence electrons. The van der Waals surface area contributed by atoms with Gasteiger partial charge in [0.15, 0.2) is 0 Å². The molecule has 0 unspecified atom stereocenters. The molecule has 1 aromatic rings. The smallest absolute Gasteiger partial charge is 0.109 e. The minimum absolute atomic E-state index is 0.853. The van der Waals surface area contributed by atoms with Crippen LogP contribution in [0.1, 0.15) is 17.1 Å². The molecule has 0 spiro atoms. The summed E-state index contributed by atoms with van der Waals surface area (Å²) in [7, 11) is 0. The Morgan fingerprint density at radius 3 is 2.70 bits per heavy atom. The Kier molecular flexibility index (Phi) is 1.76. The molecule has 2 N–H and O–H groups in total. The van der Waals surface area contributed by atoms with E-state index in [-0.39, 0.29) is 0 Å². The lowest BCUT2D eigenvalue weighted by atomic mass is 10.3. The van der Waals surface area contributed by atoms with Crippen LogP contribution in [0.2, 0.25) is 0 Å². The second-order valence-electron chi connectivity index (χ2n) is 2.15. The van der Waals surface area contributed by atoms with Gasteiger partial charge in [0.25, 0.3) is 0 Å². The number of hydrogen-bond acceptors (Lipinski definition) is 3. The van der Waals surface area contributed by atoms with Gasteiger partial charge < -0.3 is 10.3 Å². The Morgan fingerprint density at radius 2 is 2.30 bits per heavy atom. The second kappa shape index (κ2) is 2.56. The van der Waals surface area contributed by atoms with Crippen molar-refractivity contribution in [3.05, 3.63) is 23.2 Å². The molecule has 0 aromatic carbocycles. The maximum absolute atomic E-state index is 5.22. The molecule has 0 atom stereocenters. The molecular weight excluding hydrogens is 128 g/mol. The van der Waals surface area contributed by atoms with Gasteiger partial charge in [-0.2, -0.15) is 5.10 Å². The molecule has 1 heterocycles. The van der Waals surface area contributed by atoms with Gasteiger partial charge in [-0.1, -0.05) is 0 Å². The lowest BCUT2D eigenvalue weighted by Crippen LogP contribution is -1.84. The largest absolute Gasteiger partial charge is 0.466 e. The third-order valence-corrected chi connectivity index (χ3v) is 1.29. The maximum Gasteiger partial charge on any atom is 0.109 e. The quantitative estimate of drug-likeness (QED) is 0.360. The van der Waals surface area contributed by atoms with Crippen LogP contribution in [0, 0.1) is 13.8 Å². The van der Waals surface area contributed by atoms with Crippen molar-refractivity contribution in [3.8, 4) is 0 Å². The van der Waals surface area contributed by atoms with Gasteiger partial charge in [0.1, 0.15) is 11.5 Å². The van der Waals surface area contributed by atoms with Crippen molar-refractivity contribution in [2.75, 3.05) is 0 Å². The average Bonchev–Trinajstić information content (AvgIpc) is 2.13. The maximum atomic E-state index is 5.22. The monoisotopic (exact) mass is 138 g/mol. The third-order valence-electron chi connectivity index (χ3n) is 1.29. The van der Waals surface area contributed by atoms with E-state index < -0.39 is 0 Å². The Bertz CT molecular complexity index is 250. The van der Waals surface area contributed by atoms with Gasteiger partial charge >= 0.3 is 0 Å². The van der Waals surface area contributed by atoms with Crippen LogP contribution in [0.4, 0.5) is 0 Å². The highest BCUT2D eigenvalue weighted by Gasteiger charge is 1.99. The van der Waals surface area contributed by atoms with Crippen molar-refractivity contribution in [2.45, 2.75) is 13.8 Å². The van der Waals surface area contributed by atoms with Gasteiger partial charge in [0.05, 0.1) is 6.21 Å². The minimum atomic E-state index is 0.853. The fourth-order valence-corrected chi connectivity index (χ4v) is 0.859. The zero-order chi connectivity index (χ0) is 7.56.